The van der Waals surface area contributed by atoms with Crippen LogP contribution in [0.2, 0.25) is 0 Å². The second-order valence-corrected chi connectivity index (χ2v) is 7.29. The van der Waals surface area contributed by atoms with Gasteiger partial charge in [0.05, 0.1) is 27.6 Å². The van der Waals surface area contributed by atoms with E-state index in [9.17, 15) is 4.79 Å². The minimum atomic E-state index is -0.402. The molecule has 0 spiro atoms. The third-order valence-electron chi connectivity index (χ3n) is 5.76. The van der Waals surface area contributed by atoms with Crippen molar-refractivity contribution in [1.29, 1.82) is 0 Å². The second kappa shape index (κ2) is 7.79. The van der Waals surface area contributed by atoms with E-state index < -0.39 is 5.97 Å². The molecule has 4 rings (SSSR count). The highest BCUT2D eigenvalue weighted by molar-refractivity contribution is 5.93. The van der Waals surface area contributed by atoms with Crippen molar-refractivity contribution in [2.45, 2.75) is 18.9 Å². The highest BCUT2D eigenvalue weighted by Gasteiger charge is 2.26. The fraction of sp³-hybridized carbons (Fsp3) is 0.348. The summed E-state index contributed by atoms with van der Waals surface area (Å²) >= 11 is 0. The van der Waals surface area contributed by atoms with Crippen LogP contribution in [0.1, 0.15) is 33.1 Å². The number of carbonyl (C=O) groups is 1. The number of carbonyl (C=O) groups excluding carboxylic acids is 1. The summed E-state index contributed by atoms with van der Waals surface area (Å²) in [4.78, 5) is 14.6. The first kappa shape index (κ1) is 19.3. The Morgan fingerprint density at radius 1 is 1.07 bits per heavy atom. The summed E-state index contributed by atoms with van der Waals surface area (Å²) in [5.74, 6) is 0.858. The lowest BCUT2D eigenvalue weighted by Gasteiger charge is -2.31. The highest BCUT2D eigenvalue weighted by Crippen LogP contribution is 2.38. The van der Waals surface area contributed by atoms with Gasteiger partial charge in [0.15, 0.2) is 11.3 Å². The van der Waals surface area contributed by atoms with E-state index in [4.69, 9.17) is 18.6 Å². The molecule has 1 aliphatic rings. The number of rotatable bonds is 4. The van der Waals surface area contributed by atoms with Gasteiger partial charge in [-0.15, -0.1) is 0 Å². The van der Waals surface area contributed by atoms with Crippen LogP contribution < -0.4 is 9.47 Å². The Kier molecular flexibility index (Phi) is 5.20. The third kappa shape index (κ3) is 3.34. The van der Waals surface area contributed by atoms with Gasteiger partial charge in [0.2, 0.25) is 0 Å². The minimum absolute atomic E-state index is 0.101. The van der Waals surface area contributed by atoms with Gasteiger partial charge in [-0.3, -0.25) is 4.90 Å². The van der Waals surface area contributed by atoms with Crippen LogP contribution in [0.3, 0.4) is 0 Å². The van der Waals surface area contributed by atoms with Crippen molar-refractivity contribution in [2.24, 2.45) is 0 Å². The van der Waals surface area contributed by atoms with Gasteiger partial charge in [0.1, 0.15) is 11.3 Å². The molecular weight excluding hydrogens is 370 g/mol. The van der Waals surface area contributed by atoms with Crippen molar-refractivity contribution in [3.8, 4) is 11.5 Å². The molecule has 1 aromatic heterocycles. The van der Waals surface area contributed by atoms with Crippen molar-refractivity contribution in [1.82, 2.24) is 4.90 Å². The van der Waals surface area contributed by atoms with E-state index in [1.165, 1.54) is 18.2 Å². The Morgan fingerprint density at radius 2 is 1.83 bits per heavy atom. The van der Waals surface area contributed by atoms with Gasteiger partial charge in [0, 0.05) is 18.0 Å². The van der Waals surface area contributed by atoms with E-state index in [1.54, 1.807) is 14.2 Å². The molecule has 6 nitrogen and oxygen atoms in total. The SMILES string of the molecule is COC(=O)c1cc(C2Cc3ccc(OC)c4occ(c34)CCN2C)ccc1OC. The fourth-order valence-electron chi connectivity index (χ4n) is 4.17. The average molecular weight is 395 g/mol. The topological polar surface area (TPSA) is 61.1 Å². The first-order valence-corrected chi connectivity index (χ1v) is 9.59. The molecule has 1 unspecified atom stereocenters. The monoisotopic (exact) mass is 395 g/mol. The maximum atomic E-state index is 12.2. The first-order valence-electron chi connectivity index (χ1n) is 9.59. The molecule has 3 aromatic rings. The van der Waals surface area contributed by atoms with Gasteiger partial charge in [-0.05, 0) is 54.8 Å². The Morgan fingerprint density at radius 3 is 2.55 bits per heavy atom. The molecule has 1 atom stereocenters. The number of benzene rings is 2. The van der Waals surface area contributed by atoms with E-state index in [1.807, 2.05) is 30.5 Å². The van der Waals surface area contributed by atoms with E-state index in [0.717, 1.165) is 41.7 Å². The van der Waals surface area contributed by atoms with Crippen LogP contribution in [-0.4, -0.2) is 45.8 Å². The number of furan rings is 1. The largest absolute Gasteiger partial charge is 0.496 e. The van der Waals surface area contributed by atoms with Gasteiger partial charge in [-0.2, -0.15) is 0 Å². The maximum absolute atomic E-state index is 12.2. The standard InChI is InChI=1S/C23H25NO5/c1-24-10-9-16-13-29-22-20(27-3)8-6-15(21(16)22)12-18(24)14-5-7-19(26-2)17(11-14)23(25)28-4/h5-8,11,13,18H,9-10,12H2,1-4H3. The number of methoxy groups -OCH3 is 3. The van der Waals surface area contributed by atoms with Crippen molar-refractivity contribution in [2.75, 3.05) is 34.9 Å². The molecule has 0 N–H and O–H groups in total. The first-order chi connectivity index (χ1) is 14.1. The molecule has 0 saturated heterocycles. The quantitative estimate of drug-likeness (QED) is 0.622. The number of nitrogens with zero attached hydrogens (tertiary/aromatic N) is 1. The Labute approximate surface area is 170 Å². The lowest BCUT2D eigenvalue weighted by molar-refractivity contribution is 0.0596. The zero-order valence-corrected chi connectivity index (χ0v) is 17.2. The summed E-state index contributed by atoms with van der Waals surface area (Å²) in [6.07, 6.45) is 3.50. The predicted octanol–water partition coefficient (Wildman–Crippen LogP) is 4.01. The molecule has 0 saturated carbocycles. The van der Waals surface area contributed by atoms with Crippen LogP contribution in [0.25, 0.3) is 11.0 Å². The molecular formula is C23H25NO5. The van der Waals surface area contributed by atoms with Crippen LogP contribution >= 0.6 is 0 Å². The maximum Gasteiger partial charge on any atom is 0.341 e. The lowest BCUT2D eigenvalue weighted by atomic mass is 9.91. The zero-order chi connectivity index (χ0) is 20.5. The van der Waals surface area contributed by atoms with Crippen LogP contribution in [0.4, 0.5) is 0 Å². The van der Waals surface area contributed by atoms with Gasteiger partial charge in [-0.1, -0.05) is 12.1 Å². The minimum Gasteiger partial charge on any atom is -0.496 e. The number of esters is 1. The van der Waals surface area contributed by atoms with E-state index >= 15 is 0 Å². The Balaban J connectivity index is 1.80. The Bertz CT molecular complexity index is 1050. The molecule has 2 heterocycles. The Hall–Kier alpha value is -2.99. The molecule has 0 radical (unpaired) electrons. The summed E-state index contributed by atoms with van der Waals surface area (Å²) in [6, 6.07) is 9.90. The second-order valence-electron chi connectivity index (χ2n) is 7.29. The number of ether oxygens (including phenoxy) is 3. The van der Waals surface area contributed by atoms with Crippen molar-refractivity contribution >= 4 is 16.9 Å². The van der Waals surface area contributed by atoms with E-state index in [2.05, 4.69) is 18.0 Å². The average Bonchev–Trinajstić information content (AvgIpc) is 3.18. The smallest absolute Gasteiger partial charge is 0.341 e. The molecule has 2 aromatic carbocycles. The van der Waals surface area contributed by atoms with Crippen LogP contribution in [0.15, 0.2) is 41.0 Å². The normalized spacial score (nSPS) is 16.9. The lowest BCUT2D eigenvalue weighted by Crippen LogP contribution is -2.30. The number of hydrogen-bond donors (Lipinski definition) is 0. The van der Waals surface area contributed by atoms with Crippen LogP contribution in [0.5, 0.6) is 11.5 Å². The van der Waals surface area contributed by atoms with Crippen molar-refractivity contribution < 1.29 is 23.4 Å². The predicted molar refractivity (Wildman–Crippen MR) is 110 cm³/mol. The molecule has 0 amide bonds. The molecule has 0 bridgehead atoms. The molecule has 152 valence electrons. The number of likely N-dealkylation sites (N-methyl/N-ethyl adjacent to an activating group) is 1. The summed E-state index contributed by atoms with van der Waals surface area (Å²) in [5, 5.41) is 1.14. The van der Waals surface area contributed by atoms with Crippen LogP contribution in [-0.2, 0) is 17.6 Å². The summed E-state index contributed by atoms with van der Waals surface area (Å²) in [7, 11) is 6.70. The molecule has 6 heteroatoms. The van der Waals surface area contributed by atoms with Gasteiger partial charge in [-0.25, -0.2) is 4.79 Å². The summed E-state index contributed by atoms with van der Waals surface area (Å²) in [5.41, 5.74) is 4.69. The molecule has 29 heavy (non-hydrogen) atoms. The van der Waals surface area contributed by atoms with Gasteiger partial charge < -0.3 is 18.6 Å². The zero-order valence-electron chi connectivity index (χ0n) is 17.2. The van der Waals surface area contributed by atoms with Crippen LogP contribution in [0, 0.1) is 0 Å². The van der Waals surface area contributed by atoms with Crippen molar-refractivity contribution in [3.05, 3.63) is 58.8 Å². The van der Waals surface area contributed by atoms with Crippen molar-refractivity contribution in [3.63, 3.8) is 0 Å². The molecule has 0 fully saturated rings. The summed E-state index contributed by atoms with van der Waals surface area (Å²) in [6.45, 7) is 0.871. The van der Waals surface area contributed by atoms with Gasteiger partial charge in [0.25, 0.3) is 0 Å². The number of hydrogen-bond acceptors (Lipinski definition) is 6. The molecule has 1 aliphatic heterocycles. The third-order valence-corrected chi connectivity index (χ3v) is 5.76. The fourth-order valence-corrected chi connectivity index (χ4v) is 4.17. The molecule has 0 aliphatic carbocycles. The van der Waals surface area contributed by atoms with E-state index in [0.29, 0.717) is 11.3 Å². The summed E-state index contributed by atoms with van der Waals surface area (Å²) < 4.78 is 21.6. The van der Waals surface area contributed by atoms with E-state index in [-0.39, 0.29) is 6.04 Å². The highest BCUT2D eigenvalue weighted by atomic mass is 16.5. The van der Waals surface area contributed by atoms with Gasteiger partial charge >= 0.3 is 5.97 Å².